The van der Waals surface area contributed by atoms with Gasteiger partial charge in [-0.25, -0.2) is 4.79 Å². The van der Waals surface area contributed by atoms with E-state index in [0.29, 0.717) is 12.3 Å². The van der Waals surface area contributed by atoms with Crippen LogP contribution in [0.15, 0.2) is 10.5 Å². The number of rotatable bonds is 4. The number of hydrogen-bond acceptors (Lipinski definition) is 5. The molecule has 1 aliphatic rings. The van der Waals surface area contributed by atoms with Crippen LogP contribution in [0.25, 0.3) is 6.08 Å². The average molecular weight is 238 g/mol. The molecule has 0 aliphatic carbocycles. The third-order valence-electron chi connectivity index (χ3n) is 2.53. The molecule has 0 bridgehead atoms. The third kappa shape index (κ3) is 3.67. The molecule has 1 aromatic rings. The normalized spacial score (nSPS) is 20.8. The van der Waals surface area contributed by atoms with Gasteiger partial charge in [0, 0.05) is 18.8 Å². The summed E-state index contributed by atoms with van der Waals surface area (Å²) in [5.74, 6) is -0.347. The van der Waals surface area contributed by atoms with Crippen LogP contribution in [0.2, 0.25) is 0 Å². The Balaban J connectivity index is 1.91. The second-order valence-corrected chi connectivity index (χ2v) is 3.90. The van der Waals surface area contributed by atoms with Crippen molar-refractivity contribution in [2.45, 2.75) is 31.8 Å². The Morgan fingerprint density at radius 2 is 2.35 bits per heavy atom. The van der Waals surface area contributed by atoms with E-state index >= 15 is 0 Å². The number of ether oxygens (including phenoxy) is 1. The molecular formula is C11H14N2O4. The van der Waals surface area contributed by atoms with Gasteiger partial charge >= 0.3 is 5.97 Å². The lowest BCUT2D eigenvalue weighted by molar-refractivity contribution is -0.131. The van der Waals surface area contributed by atoms with Gasteiger partial charge in [-0.1, -0.05) is 0 Å². The predicted molar refractivity (Wildman–Crippen MR) is 58.3 cm³/mol. The van der Waals surface area contributed by atoms with Crippen molar-refractivity contribution >= 4 is 12.0 Å². The largest absolute Gasteiger partial charge is 0.478 e. The molecule has 1 unspecified atom stereocenters. The Kier molecular flexibility index (Phi) is 3.87. The molecule has 1 fully saturated rings. The number of hydrogen-bond donors (Lipinski definition) is 1. The maximum Gasteiger partial charge on any atom is 0.328 e. The predicted octanol–water partition coefficient (Wildman–Crippen LogP) is 1.28. The van der Waals surface area contributed by atoms with Crippen molar-refractivity contribution < 1.29 is 19.1 Å². The summed E-state index contributed by atoms with van der Waals surface area (Å²) in [5.41, 5.74) is 0. The van der Waals surface area contributed by atoms with Gasteiger partial charge in [-0.15, -0.1) is 10.2 Å². The molecule has 6 nitrogen and oxygen atoms in total. The molecule has 0 aromatic carbocycles. The summed E-state index contributed by atoms with van der Waals surface area (Å²) in [6.07, 6.45) is 6.24. The van der Waals surface area contributed by atoms with Crippen LogP contribution in [0.1, 0.15) is 31.0 Å². The topological polar surface area (TPSA) is 85.5 Å². The lowest BCUT2D eigenvalue weighted by atomic mass is 10.1. The smallest absolute Gasteiger partial charge is 0.328 e. The van der Waals surface area contributed by atoms with Crippen molar-refractivity contribution in [3.8, 4) is 0 Å². The van der Waals surface area contributed by atoms with Crippen LogP contribution in [0.3, 0.4) is 0 Å². The maximum absolute atomic E-state index is 10.3. The van der Waals surface area contributed by atoms with Gasteiger partial charge in [0.1, 0.15) is 0 Å². The first kappa shape index (κ1) is 11.8. The molecule has 1 atom stereocenters. The number of nitrogens with zero attached hydrogens (tertiary/aromatic N) is 2. The van der Waals surface area contributed by atoms with E-state index in [9.17, 15) is 4.79 Å². The number of carboxylic acid groups (broad SMARTS) is 1. The Labute approximate surface area is 98.3 Å². The van der Waals surface area contributed by atoms with E-state index in [1.165, 1.54) is 6.08 Å². The Bertz CT molecular complexity index is 407. The minimum Gasteiger partial charge on any atom is -0.478 e. The van der Waals surface area contributed by atoms with Crippen molar-refractivity contribution in [2.24, 2.45) is 0 Å². The van der Waals surface area contributed by atoms with Gasteiger partial charge in [0.15, 0.2) is 0 Å². The van der Waals surface area contributed by atoms with Gasteiger partial charge in [0.05, 0.1) is 12.5 Å². The molecular weight excluding hydrogens is 224 g/mol. The average Bonchev–Trinajstić information content (AvgIpc) is 2.75. The van der Waals surface area contributed by atoms with Crippen LogP contribution in [0.5, 0.6) is 0 Å². The number of aromatic nitrogens is 2. The molecule has 1 aromatic heterocycles. The van der Waals surface area contributed by atoms with Crippen LogP contribution < -0.4 is 0 Å². The van der Waals surface area contributed by atoms with Crippen LogP contribution in [0.4, 0.5) is 0 Å². The van der Waals surface area contributed by atoms with Gasteiger partial charge in [-0.3, -0.25) is 0 Å². The van der Waals surface area contributed by atoms with Crippen LogP contribution in [-0.2, 0) is 16.0 Å². The van der Waals surface area contributed by atoms with E-state index in [4.69, 9.17) is 14.3 Å². The van der Waals surface area contributed by atoms with E-state index in [0.717, 1.165) is 31.9 Å². The molecule has 6 heteroatoms. The second-order valence-electron chi connectivity index (χ2n) is 3.90. The molecule has 1 N–H and O–H groups in total. The summed E-state index contributed by atoms with van der Waals surface area (Å²) in [7, 11) is 0. The molecule has 1 aliphatic heterocycles. The summed E-state index contributed by atoms with van der Waals surface area (Å²) < 4.78 is 10.8. The highest BCUT2D eigenvalue weighted by Crippen LogP contribution is 2.16. The third-order valence-corrected chi connectivity index (χ3v) is 2.53. The van der Waals surface area contributed by atoms with Gasteiger partial charge in [0.25, 0.3) is 0 Å². The highest BCUT2D eigenvalue weighted by atomic mass is 16.5. The van der Waals surface area contributed by atoms with Crippen LogP contribution in [0, 0.1) is 0 Å². The van der Waals surface area contributed by atoms with E-state index in [2.05, 4.69) is 10.2 Å². The van der Waals surface area contributed by atoms with Gasteiger partial charge < -0.3 is 14.3 Å². The molecule has 2 heterocycles. The highest BCUT2D eigenvalue weighted by molar-refractivity contribution is 5.84. The first-order valence-electron chi connectivity index (χ1n) is 5.59. The summed E-state index contributed by atoms with van der Waals surface area (Å²) >= 11 is 0. The first-order chi connectivity index (χ1) is 8.24. The Morgan fingerprint density at radius 1 is 1.47 bits per heavy atom. The van der Waals surface area contributed by atoms with Crippen molar-refractivity contribution in [2.75, 3.05) is 6.61 Å². The lowest BCUT2D eigenvalue weighted by Gasteiger charge is -2.20. The van der Waals surface area contributed by atoms with Gasteiger partial charge in [0.2, 0.25) is 11.8 Å². The number of carboxylic acids is 1. The molecule has 1 saturated heterocycles. The zero-order valence-corrected chi connectivity index (χ0v) is 9.33. The summed E-state index contributed by atoms with van der Waals surface area (Å²) in [6, 6.07) is 0. The fraction of sp³-hybridized carbons (Fsp3) is 0.545. The van der Waals surface area contributed by atoms with E-state index < -0.39 is 5.97 Å². The SMILES string of the molecule is O=C(O)/C=C/c1nnc(CC2CCCCO2)o1. The molecule has 0 amide bonds. The van der Waals surface area contributed by atoms with E-state index in [-0.39, 0.29) is 12.0 Å². The molecule has 0 radical (unpaired) electrons. The van der Waals surface area contributed by atoms with Crippen molar-refractivity contribution in [1.82, 2.24) is 10.2 Å². The monoisotopic (exact) mass is 238 g/mol. The standard InChI is InChI=1S/C11H14N2O4/c14-11(15)5-4-9-12-13-10(17-9)7-8-3-1-2-6-16-8/h4-5,8H,1-3,6-7H2,(H,14,15)/b5-4+. The number of aliphatic carboxylic acids is 1. The van der Waals surface area contributed by atoms with Gasteiger partial charge in [-0.2, -0.15) is 0 Å². The van der Waals surface area contributed by atoms with E-state index in [1.807, 2.05) is 0 Å². The second kappa shape index (κ2) is 5.58. The maximum atomic E-state index is 10.3. The zero-order chi connectivity index (χ0) is 12.1. The fourth-order valence-corrected chi connectivity index (χ4v) is 1.72. The van der Waals surface area contributed by atoms with Crippen LogP contribution >= 0.6 is 0 Å². The highest BCUT2D eigenvalue weighted by Gasteiger charge is 2.17. The quantitative estimate of drug-likeness (QED) is 0.795. The molecule has 92 valence electrons. The number of carbonyl (C=O) groups is 1. The van der Waals surface area contributed by atoms with E-state index in [1.54, 1.807) is 0 Å². The minimum absolute atomic E-state index is 0.139. The lowest BCUT2D eigenvalue weighted by Crippen LogP contribution is -2.21. The van der Waals surface area contributed by atoms with Crippen LogP contribution in [-0.4, -0.2) is 34.0 Å². The summed E-state index contributed by atoms with van der Waals surface area (Å²) in [6.45, 7) is 0.782. The Morgan fingerprint density at radius 3 is 3.06 bits per heavy atom. The van der Waals surface area contributed by atoms with Crippen molar-refractivity contribution in [1.29, 1.82) is 0 Å². The molecule has 2 rings (SSSR count). The molecule has 0 saturated carbocycles. The van der Waals surface area contributed by atoms with Crippen molar-refractivity contribution in [3.05, 3.63) is 17.9 Å². The summed E-state index contributed by atoms with van der Waals surface area (Å²) in [4.78, 5) is 10.3. The van der Waals surface area contributed by atoms with Gasteiger partial charge in [-0.05, 0) is 19.3 Å². The fourth-order valence-electron chi connectivity index (χ4n) is 1.72. The first-order valence-corrected chi connectivity index (χ1v) is 5.59. The Hall–Kier alpha value is -1.69. The minimum atomic E-state index is -1.04. The molecule has 0 spiro atoms. The summed E-state index contributed by atoms with van der Waals surface area (Å²) in [5, 5.41) is 16.0. The molecule has 17 heavy (non-hydrogen) atoms. The van der Waals surface area contributed by atoms with Crippen molar-refractivity contribution in [3.63, 3.8) is 0 Å². The zero-order valence-electron chi connectivity index (χ0n) is 9.33.